The first-order chi connectivity index (χ1) is 9.04. The molecule has 4 heteroatoms. The second-order valence-corrected chi connectivity index (χ2v) is 5.16. The molecule has 19 heavy (non-hydrogen) atoms. The van der Waals surface area contributed by atoms with Crippen LogP contribution in [0.5, 0.6) is 0 Å². The number of nitrogens with zero attached hydrogens (tertiary/aromatic N) is 1. The summed E-state index contributed by atoms with van der Waals surface area (Å²) in [5.41, 5.74) is 9.32. The minimum absolute atomic E-state index is 0.0688. The van der Waals surface area contributed by atoms with Crippen molar-refractivity contribution in [1.29, 1.82) is 0 Å². The Morgan fingerprint density at radius 2 is 2.16 bits per heavy atom. The summed E-state index contributed by atoms with van der Waals surface area (Å²) in [7, 11) is 0. The van der Waals surface area contributed by atoms with Crippen LogP contribution >= 0.6 is 0 Å². The maximum absolute atomic E-state index is 12.7. The van der Waals surface area contributed by atoms with Gasteiger partial charge in [0.05, 0.1) is 19.3 Å². The average molecular weight is 262 g/mol. The highest BCUT2D eigenvalue weighted by Crippen LogP contribution is 2.21. The Hall–Kier alpha value is -1.55. The van der Waals surface area contributed by atoms with E-state index in [0.717, 1.165) is 17.5 Å². The number of ether oxygens (including phenoxy) is 1. The molecule has 1 fully saturated rings. The second kappa shape index (κ2) is 5.61. The summed E-state index contributed by atoms with van der Waals surface area (Å²) in [6, 6.07) is 3.95. The SMILES string of the molecule is CCC1COCCN1C(=O)c1cc(N)c(C)cc1C. The van der Waals surface area contributed by atoms with E-state index >= 15 is 0 Å². The lowest BCUT2D eigenvalue weighted by Gasteiger charge is -2.35. The lowest BCUT2D eigenvalue weighted by Crippen LogP contribution is -2.48. The number of nitrogens with two attached hydrogens (primary N) is 1. The van der Waals surface area contributed by atoms with Crippen molar-refractivity contribution in [2.75, 3.05) is 25.5 Å². The Kier molecular flexibility index (Phi) is 4.10. The molecule has 1 aromatic carbocycles. The van der Waals surface area contributed by atoms with Gasteiger partial charge in [-0.3, -0.25) is 4.79 Å². The highest BCUT2D eigenvalue weighted by Gasteiger charge is 2.27. The highest BCUT2D eigenvalue weighted by molar-refractivity contribution is 5.97. The summed E-state index contributed by atoms with van der Waals surface area (Å²) in [5.74, 6) is 0.0688. The van der Waals surface area contributed by atoms with Gasteiger partial charge >= 0.3 is 0 Å². The molecule has 1 atom stereocenters. The molecule has 0 aromatic heterocycles. The molecule has 0 radical (unpaired) electrons. The summed E-state index contributed by atoms with van der Waals surface area (Å²) in [5, 5.41) is 0. The van der Waals surface area contributed by atoms with E-state index < -0.39 is 0 Å². The number of amides is 1. The van der Waals surface area contributed by atoms with E-state index in [1.54, 1.807) is 6.07 Å². The maximum atomic E-state index is 12.7. The molecular weight excluding hydrogens is 240 g/mol. The molecule has 1 saturated heterocycles. The molecule has 0 aliphatic carbocycles. The summed E-state index contributed by atoms with van der Waals surface area (Å²) in [6.07, 6.45) is 0.909. The third kappa shape index (κ3) is 2.73. The Morgan fingerprint density at radius 1 is 1.42 bits per heavy atom. The van der Waals surface area contributed by atoms with Crippen molar-refractivity contribution in [1.82, 2.24) is 4.90 Å². The Bertz CT molecular complexity index is 485. The standard InChI is InChI=1S/C15H22N2O2/c1-4-12-9-19-6-5-17(12)15(18)13-8-14(16)11(3)7-10(13)2/h7-8,12H,4-6,9,16H2,1-3H3. The molecule has 1 aliphatic heterocycles. The lowest BCUT2D eigenvalue weighted by molar-refractivity contribution is -0.00283. The van der Waals surface area contributed by atoms with Crippen molar-refractivity contribution in [2.24, 2.45) is 0 Å². The Morgan fingerprint density at radius 3 is 2.84 bits per heavy atom. The molecule has 0 bridgehead atoms. The van der Waals surface area contributed by atoms with Gasteiger partial charge in [-0.05, 0) is 37.5 Å². The first-order valence-electron chi connectivity index (χ1n) is 6.80. The molecule has 1 amide bonds. The fourth-order valence-electron chi connectivity index (χ4n) is 2.51. The van der Waals surface area contributed by atoms with Gasteiger partial charge in [0.2, 0.25) is 0 Å². The van der Waals surface area contributed by atoms with Gasteiger partial charge < -0.3 is 15.4 Å². The number of rotatable bonds is 2. The quantitative estimate of drug-likeness (QED) is 0.831. The number of benzene rings is 1. The van der Waals surface area contributed by atoms with E-state index in [2.05, 4.69) is 6.92 Å². The fourth-order valence-corrected chi connectivity index (χ4v) is 2.51. The van der Waals surface area contributed by atoms with Crippen LogP contribution in [0.2, 0.25) is 0 Å². The van der Waals surface area contributed by atoms with E-state index in [-0.39, 0.29) is 11.9 Å². The number of nitrogen functional groups attached to an aromatic ring is 1. The smallest absolute Gasteiger partial charge is 0.254 e. The third-order valence-corrected chi connectivity index (χ3v) is 3.80. The zero-order chi connectivity index (χ0) is 14.0. The molecule has 2 N–H and O–H groups in total. The molecule has 1 unspecified atom stereocenters. The van der Waals surface area contributed by atoms with Gasteiger partial charge in [-0.25, -0.2) is 0 Å². The van der Waals surface area contributed by atoms with Crippen molar-refractivity contribution >= 4 is 11.6 Å². The zero-order valence-corrected chi connectivity index (χ0v) is 11.9. The van der Waals surface area contributed by atoms with Gasteiger partial charge in [-0.15, -0.1) is 0 Å². The average Bonchev–Trinajstić information content (AvgIpc) is 2.42. The molecule has 104 valence electrons. The van der Waals surface area contributed by atoms with Crippen LogP contribution in [-0.4, -0.2) is 36.6 Å². The van der Waals surface area contributed by atoms with Crippen molar-refractivity contribution in [2.45, 2.75) is 33.2 Å². The summed E-state index contributed by atoms with van der Waals surface area (Å²) < 4.78 is 5.44. The first-order valence-corrected chi connectivity index (χ1v) is 6.80. The molecule has 0 saturated carbocycles. The largest absolute Gasteiger partial charge is 0.398 e. The molecular formula is C15H22N2O2. The van der Waals surface area contributed by atoms with Crippen LogP contribution in [0.25, 0.3) is 0 Å². The van der Waals surface area contributed by atoms with E-state index in [1.807, 2.05) is 24.8 Å². The van der Waals surface area contributed by atoms with Gasteiger partial charge in [0.15, 0.2) is 0 Å². The molecule has 2 rings (SSSR count). The summed E-state index contributed by atoms with van der Waals surface area (Å²) in [4.78, 5) is 14.6. The molecule has 0 spiro atoms. The minimum Gasteiger partial charge on any atom is -0.398 e. The topological polar surface area (TPSA) is 55.6 Å². The zero-order valence-electron chi connectivity index (χ0n) is 11.9. The predicted molar refractivity (Wildman–Crippen MR) is 76.3 cm³/mol. The van der Waals surface area contributed by atoms with Gasteiger partial charge in [-0.2, -0.15) is 0 Å². The van der Waals surface area contributed by atoms with Crippen LogP contribution < -0.4 is 5.73 Å². The Balaban J connectivity index is 2.30. The number of carbonyl (C=O) groups excluding carboxylic acids is 1. The third-order valence-electron chi connectivity index (χ3n) is 3.80. The van der Waals surface area contributed by atoms with Crippen molar-refractivity contribution in [3.63, 3.8) is 0 Å². The maximum Gasteiger partial charge on any atom is 0.254 e. The number of carbonyl (C=O) groups is 1. The van der Waals surface area contributed by atoms with Gasteiger partial charge in [0.25, 0.3) is 5.91 Å². The van der Waals surface area contributed by atoms with Crippen molar-refractivity contribution < 1.29 is 9.53 Å². The van der Waals surface area contributed by atoms with Crippen LogP contribution in [0.4, 0.5) is 5.69 Å². The minimum atomic E-state index is 0.0688. The lowest BCUT2D eigenvalue weighted by atomic mass is 10.0. The van der Waals surface area contributed by atoms with Crippen LogP contribution in [-0.2, 0) is 4.74 Å². The van der Waals surface area contributed by atoms with Crippen molar-refractivity contribution in [3.8, 4) is 0 Å². The first kappa shape index (κ1) is 13.9. The van der Waals surface area contributed by atoms with Crippen LogP contribution in [0.3, 0.4) is 0 Å². The van der Waals surface area contributed by atoms with Gasteiger partial charge in [0, 0.05) is 17.8 Å². The van der Waals surface area contributed by atoms with E-state index in [4.69, 9.17) is 10.5 Å². The van der Waals surface area contributed by atoms with Crippen molar-refractivity contribution in [3.05, 3.63) is 28.8 Å². The van der Waals surface area contributed by atoms with E-state index in [9.17, 15) is 4.79 Å². The molecule has 1 heterocycles. The van der Waals surface area contributed by atoms with E-state index in [0.29, 0.717) is 31.0 Å². The van der Waals surface area contributed by atoms with Crippen LogP contribution in [0.15, 0.2) is 12.1 Å². The number of anilines is 1. The highest BCUT2D eigenvalue weighted by atomic mass is 16.5. The summed E-state index contributed by atoms with van der Waals surface area (Å²) >= 11 is 0. The number of hydrogen-bond donors (Lipinski definition) is 1. The number of morpholine rings is 1. The van der Waals surface area contributed by atoms with Crippen LogP contribution in [0.1, 0.15) is 34.8 Å². The molecule has 1 aromatic rings. The molecule has 1 aliphatic rings. The normalized spacial score (nSPS) is 19.5. The second-order valence-electron chi connectivity index (χ2n) is 5.16. The number of aryl methyl sites for hydroxylation is 2. The fraction of sp³-hybridized carbons (Fsp3) is 0.533. The predicted octanol–water partition coefficient (Wildman–Crippen LogP) is 2.14. The van der Waals surface area contributed by atoms with Gasteiger partial charge in [0.1, 0.15) is 0 Å². The van der Waals surface area contributed by atoms with Gasteiger partial charge in [-0.1, -0.05) is 13.0 Å². The Labute approximate surface area is 114 Å². The van der Waals surface area contributed by atoms with E-state index in [1.165, 1.54) is 0 Å². The number of hydrogen-bond acceptors (Lipinski definition) is 3. The monoisotopic (exact) mass is 262 g/mol. The molecule has 4 nitrogen and oxygen atoms in total. The van der Waals surface area contributed by atoms with Crippen LogP contribution in [0, 0.1) is 13.8 Å². The summed E-state index contributed by atoms with van der Waals surface area (Å²) in [6.45, 7) is 7.90.